The monoisotopic (exact) mass is 294 g/mol. The molecule has 0 atom stereocenters. The minimum absolute atomic E-state index is 0.0690. The number of aryl methyl sites for hydroxylation is 2. The molecular weight excluding hydrogens is 280 g/mol. The van der Waals surface area contributed by atoms with Crippen LogP contribution in [0.2, 0.25) is 0 Å². The normalized spacial score (nSPS) is 10.6. The molecule has 0 unspecified atom stereocenters. The summed E-state index contributed by atoms with van der Waals surface area (Å²) in [5, 5.41) is 18.5. The second-order valence-electron chi connectivity index (χ2n) is 4.03. The maximum absolute atomic E-state index is 11.2. The van der Waals surface area contributed by atoms with Gasteiger partial charge in [-0.2, -0.15) is 10.1 Å². The minimum atomic E-state index is -0.455. The van der Waals surface area contributed by atoms with Gasteiger partial charge in [0.25, 0.3) is 0 Å². The van der Waals surface area contributed by atoms with Gasteiger partial charge in [0.15, 0.2) is 5.03 Å². The van der Waals surface area contributed by atoms with E-state index in [4.69, 9.17) is 0 Å². The molecule has 0 fully saturated rings. The lowest BCUT2D eigenvalue weighted by atomic mass is 10.4. The van der Waals surface area contributed by atoms with Crippen LogP contribution in [0.15, 0.2) is 22.3 Å². The van der Waals surface area contributed by atoms with Gasteiger partial charge in [-0.05, 0) is 13.8 Å². The Bertz CT molecular complexity index is 642. The second kappa shape index (κ2) is 5.87. The third-order valence-electron chi connectivity index (χ3n) is 2.44. The third kappa shape index (κ3) is 3.05. The van der Waals surface area contributed by atoms with Crippen LogP contribution in [0, 0.1) is 17.0 Å². The van der Waals surface area contributed by atoms with Gasteiger partial charge in [0, 0.05) is 19.8 Å². The lowest BCUT2D eigenvalue weighted by Gasteiger charge is -2.06. The van der Waals surface area contributed by atoms with Crippen LogP contribution in [-0.2, 0) is 7.05 Å². The molecule has 8 nitrogen and oxygen atoms in total. The van der Waals surface area contributed by atoms with Crippen LogP contribution < -0.4 is 5.32 Å². The summed E-state index contributed by atoms with van der Waals surface area (Å²) in [5.74, 6) is 0.391. The standard InChI is InChI=1S/C11H14N6O2S/c1-4-12-11-14-7(2)9(17(18)19)10(15-11)20-8-5-13-16(3)6-8/h5-6H,4H2,1-3H3,(H,12,14,15). The summed E-state index contributed by atoms with van der Waals surface area (Å²) in [5.41, 5.74) is 0.271. The van der Waals surface area contributed by atoms with Crippen LogP contribution >= 0.6 is 11.8 Å². The molecule has 0 aromatic carbocycles. The Labute approximate surface area is 119 Å². The second-order valence-corrected chi connectivity index (χ2v) is 5.09. The lowest BCUT2D eigenvalue weighted by molar-refractivity contribution is -0.389. The first-order chi connectivity index (χ1) is 9.51. The molecule has 0 radical (unpaired) electrons. The summed E-state index contributed by atoms with van der Waals surface area (Å²) < 4.78 is 1.63. The van der Waals surface area contributed by atoms with Crippen LogP contribution in [0.4, 0.5) is 11.6 Å². The number of anilines is 1. The van der Waals surface area contributed by atoms with Gasteiger partial charge in [0.1, 0.15) is 5.69 Å². The highest BCUT2D eigenvalue weighted by atomic mass is 32.2. The van der Waals surface area contributed by atoms with Crippen molar-refractivity contribution in [1.82, 2.24) is 19.7 Å². The molecular formula is C11H14N6O2S. The molecule has 2 aromatic heterocycles. The highest BCUT2D eigenvalue weighted by Gasteiger charge is 2.23. The lowest BCUT2D eigenvalue weighted by Crippen LogP contribution is -2.07. The maximum Gasteiger partial charge on any atom is 0.322 e. The van der Waals surface area contributed by atoms with E-state index >= 15 is 0 Å². The first-order valence-corrected chi connectivity index (χ1v) is 6.76. The molecule has 106 valence electrons. The van der Waals surface area contributed by atoms with Crippen molar-refractivity contribution in [2.45, 2.75) is 23.8 Å². The van der Waals surface area contributed by atoms with E-state index in [1.54, 1.807) is 31.0 Å². The van der Waals surface area contributed by atoms with E-state index in [0.29, 0.717) is 23.2 Å². The van der Waals surface area contributed by atoms with Gasteiger partial charge in [-0.15, -0.1) is 0 Å². The van der Waals surface area contributed by atoms with E-state index < -0.39 is 4.92 Å². The van der Waals surface area contributed by atoms with Crippen molar-refractivity contribution in [2.75, 3.05) is 11.9 Å². The Kier molecular flexibility index (Phi) is 4.18. The van der Waals surface area contributed by atoms with Crippen molar-refractivity contribution in [1.29, 1.82) is 0 Å². The summed E-state index contributed by atoms with van der Waals surface area (Å²) >= 11 is 1.20. The topological polar surface area (TPSA) is 98.8 Å². The zero-order valence-corrected chi connectivity index (χ0v) is 12.1. The molecule has 0 aliphatic carbocycles. The van der Waals surface area contributed by atoms with E-state index in [2.05, 4.69) is 20.4 Å². The first kappa shape index (κ1) is 14.3. The summed E-state index contributed by atoms with van der Waals surface area (Å²) in [6, 6.07) is 0. The van der Waals surface area contributed by atoms with E-state index in [1.807, 2.05) is 6.92 Å². The molecule has 0 amide bonds. The van der Waals surface area contributed by atoms with Crippen LogP contribution in [0.3, 0.4) is 0 Å². The van der Waals surface area contributed by atoms with Crippen LogP contribution in [-0.4, -0.2) is 31.2 Å². The van der Waals surface area contributed by atoms with Gasteiger partial charge in [0.2, 0.25) is 5.95 Å². The van der Waals surface area contributed by atoms with Gasteiger partial charge in [-0.25, -0.2) is 4.98 Å². The summed E-state index contributed by atoms with van der Waals surface area (Å²) in [4.78, 5) is 19.8. The van der Waals surface area contributed by atoms with E-state index in [9.17, 15) is 10.1 Å². The Balaban J connectivity index is 2.44. The summed E-state index contributed by atoms with van der Waals surface area (Å²) in [6.45, 7) is 4.16. The molecule has 0 saturated carbocycles. The Morgan fingerprint density at radius 2 is 2.25 bits per heavy atom. The fourth-order valence-corrected chi connectivity index (χ4v) is 2.60. The number of hydrogen-bond acceptors (Lipinski definition) is 7. The first-order valence-electron chi connectivity index (χ1n) is 5.94. The van der Waals surface area contributed by atoms with Crippen molar-refractivity contribution in [3.05, 3.63) is 28.2 Å². The smallest absolute Gasteiger partial charge is 0.322 e. The summed E-state index contributed by atoms with van der Waals surface area (Å²) in [6.07, 6.45) is 3.41. The molecule has 2 heterocycles. The molecule has 0 aliphatic rings. The number of nitro groups is 1. The minimum Gasteiger partial charge on any atom is -0.354 e. The number of nitrogens with one attached hydrogen (secondary N) is 1. The molecule has 2 aromatic rings. The molecule has 0 bridgehead atoms. The van der Waals surface area contributed by atoms with Crippen LogP contribution in [0.25, 0.3) is 0 Å². The zero-order chi connectivity index (χ0) is 14.7. The van der Waals surface area contributed by atoms with Gasteiger partial charge >= 0.3 is 5.69 Å². The Hall–Kier alpha value is -2.16. The van der Waals surface area contributed by atoms with Crippen molar-refractivity contribution >= 4 is 23.4 Å². The van der Waals surface area contributed by atoms with Crippen molar-refractivity contribution < 1.29 is 4.92 Å². The fourth-order valence-electron chi connectivity index (χ4n) is 1.62. The number of rotatable bonds is 5. The van der Waals surface area contributed by atoms with Crippen molar-refractivity contribution in [2.24, 2.45) is 7.05 Å². The fraction of sp³-hybridized carbons (Fsp3) is 0.364. The molecule has 0 aliphatic heterocycles. The van der Waals surface area contributed by atoms with Gasteiger partial charge in [0.05, 0.1) is 16.0 Å². The average Bonchev–Trinajstić information content (AvgIpc) is 2.74. The van der Waals surface area contributed by atoms with E-state index in [-0.39, 0.29) is 5.69 Å². The van der Waals surface area contributed by atoms with Crippen LogP contribution in [0.5, 0.6) is 0 Å². The van der Waals surface area contributed by atoms with Crippen molar-refractivity contribution in [3.8, 4) is 0 Å². The number of hydrogen-bond donors (Lipinski definition) is 1. The average molecular weight is 294 g/mol. The maximum atomic E-state index is 11.2. The van der Waals surface area contributed by atoms with Crippen LogP contribution in [0.1, 0.15) is 12.6 Å². The highest BCUT2D eigenvalue weighted by molar-refractivity contribution is 7.99. The molecule has 0 saturated heterocycles. The zero-order valence-electron chi connectivity index (χ0n) is 11.3. The quantitative estimate of drug-likeness (QED) is 0.511. The summed E-state index contributed by atoms with van der Waals surface area (Å²) in [7, 11) is 1.79. The predicted molar refractivity (Wildman–Crippen MR) is 74.9 cm³/mol. The molecule has 20 heavy (non-hydrogen) atoms. The van der Waals surface area contributed by atoms with Gasteiger partial charge in [-0.3, -0.25) is 14.8 Å². The van der Waals surface area contributed by atoms with E-state index in [1.165, 1.54) is 11.8 Å². The highest BCUT2D eigenvalue weighted by Crippen LogP contribution is 2.35. The SMILES string of the molecule is CCNc1nc(C)c([N+](=O)[O-])c(Sc2cnn(C)c2)n1. The molecule has 2 rings (SSSR count). The Morgan fingerprint density at radius 3 is 2.80 bits per heavy atom. The molecule has 0 spiro atoms. The van der Waals surface area contributed by atoms with Gasteiger partial charge in [-0.1, -0.05) is 11.8 Å². The predicted octanol–water partition coefficient (Wildman–Crippen LogP) is 2.01. The Morgan fingerprint density at radius 1 is 1.50 bits per heavy atom. The largest absolute Gasteiger partial charge is 0.354 e. The number of nitrogens with zero attached hydrogens (tertiary/aromatic N) is 5. The number of aromatic nitrogens is 4. The van der Waals surface area contributed by atoms with Crippen molar-refractivity contribution in [3.63, 3.8) is 0 Å². The third-order valence-corrected chi connectivity index (χ3v) is 3.36. The van der Waals surface area contributed by atoms with Gasteiger partial charge < -0.3 is 5.32 Å². The van der Waals surface area contributed by atoms with E-state index in [0.717, 1.165) is 4.90 Å². The molecule has 1 N–H and O–H groups in total. The molecule has 9 heteroatoms.